The Bertz CT molecular complexity index is 943. The van der Waals surface area contributed by atoms with Gasteiger partial charge in [-0.25, -0.2) is 4.39 Å². The molecule has 1 aliphatic heterocycles. The number of carbonyl (C=O) groups excluding carboxylic acids is 2. The van der Waals surface area contributed by atoms with Crippen LogP contribution in [0.5, 0.6) is 0 Å². The molecular formula is C18H12Cl2FN3O2. The number of hydrogen-bond acceptors (Lipinski definition) is 3. The van der Waals surface area contributed by atoms with E-state index in [0.717, 1.165) is 6.07 Å². The quantitative estimate of drug-likeness (QED) is 0.803. The minimum absolute atomic E-state index is 0.182. The Balaban J connectivity index is 1.74. The second kappa shape index (κ2) is 7.32. The summed E-state index contributed by atoms with van der Waals surface area (Å²) >= 11 is 11.9. The van der Waals surface area contributed by atoms with E-state index < -0.39 is 17.6 Å². The Morgan fingerprint density at radius 1 is 1.23 bits per heavy atom. The zero-order valence-electron chi connectivity index (χ0n) is 13.3. The Hall–Kier alpha value is -2.62. The summed E-state index contributed by atoms with van der Waals surface area (Å²) in [6.45, 7) is 0.363. The van der Waals surface area contributed by atoms with E-state index in [2.05, 4.69) is 5.32 Å². The average Bonchev–Trinajstić information content (AvgIpc) is 3.00. The Morgan fingerprint density at radius 2 is 2.00 bits per heavy atom. The summed E-state index contributed by atoms with van der Waals surface area (Å²) in [5.41, 5.74) is 0.639. The molecule has 3 rings (SSSR count). The minimum atomic E-state index is -0.875. The van der Waals surface area contributed by atoms with E-state index in [9.17, 15) is 14.0 Å². The van der Waals surface area contributed by atoms with Crippen LogP contribution in [-0.4, -0.2) is 18.4 Å². The predicted molar refractivity (Wildman–Crippen MR) is 96.7 cm³/mol. The summed E-state index contributed by atoms with van der Waals surface area (Å²) in [6, 6.07) is 10.2. The Morgan fingerprint density at radius 3 is 2.69 bits per heavy atom. The van der Waals surface area contributed by atoms with Crippen molar-refractivity contribution < 1.29 is 14.0 Å². The first kappa shape index (κ1) is 18.2. The van der Waals surface area contributed by atoms with Crippen molar-refractivity contribution in [2.75, 3.05) is 16.8 Å². The molecule has 8 heteroatoms. The molecule has 1 fully saturated rings. The van der Waals surface area contributed by atoms with Crippen LogP contribution >= 0.6 is 23.2 Å². The highest BCUT2D eigenvalue weighted by atomic mass is 35.5. The fraction of sp³-hybridized carbons (Fsp3) is 0.167. The molecule has 5 nitrogen and oxygen atoms in total. The lowest BCUT2D eigenvalue weighted by molar-refractivity contribution is -0.129. The van der Waals surface area contributed by atoms with E-state index in [-0.39, 0.29) is 17.2 Å². The molecule has 132 valence electrons. The molecular weight excluding hydrogens is 380 g/mol. The van der Waals surface area contributed by atoms with Crippen molar-refractivity contribution in [3.8, 4) is 6.07 Å². The summed E-state index contributed by atoms with van der Waals surface area (Å²) in [5, 5.41) is 12.1. The molecule has 1 aliphatic rings. The number of halogens is 3. The van der Waals surface area contributed by atoms with Gasteiger partial charge < -0.3 is 10.2 Å². The molecule has 2 aromatic carbocycles. The third-order valence-electron chi connectivity index (χ3n) is 4.09. The van der Waals surface area contributed by atoms with Crippen molar-refractivity contribution in [3.05, 3.63) is 57.8 Å². The van der Waals surface area contributed by atoms with Crippen molar-refractivity contribution in [3.63, 3.8) is 0 Å². The van der Waals surface area contributed by atoms with E-state index in [0.29, 0.717) is 28.7 Å². The van der Waals surface area contributed by atoms with Gasteiger partial charge in [0.2, 0.25) is 11.8 Å². The largest absolute Gasteiger partial charge is 0.325 e. The second-order valence-corrected chi connectivity index (χ2v) is 6.54. The van der Waals surface area contributed by atoms with Gasteiger partial charge >= 0.3 is 0 Å². The zero-order valence-corrected chi connectivity index (χ0v) is 14.8. The number of carbonyl (C=O) groups is 2. The minimum Gasteiger partial charge on any atom is -0.325 e. The van der Waals surface area contributed by atoms with Crippen LogP contribution in [0.1, 0.15) is 12.0 Å². The van der Waals surface area contributed by atoms with Gasteiger partial charge in [-0.2, -0.15) is 5.26 Å². The highest BCUT2D eigenvalue weighted by molar-refractivity contribution is 6.42. The summed E-state index contributed by atoms with van der Waals surface area (Å²) in [6.07, 6.45) is 0.331. The van der Waals surface area contributed by atoms with Crippen molar-refractivity contribution in [2.45, 2.75) is 6.42 Å². The number of nitriles is 1. The molecule has 0 unspecified atom stereocenters. The summed E-state index contributed by atoms with van der Waals surface area (Å²) in [5.74, 6) is -2.41. The standard InChI is InChI=1S/C18H12Cl2FN3O2/c19-14-3-2-12(8-15(14)20)24-6-5-13(18(24)26)17(25)23-11-1-4-16(21)10(7-11)9-22/h1-4,7-8,13H,5-6H2,(H,23,25)/t13-/m1/s1. The SMILES string of the molecule is N#Cc1cc(NC(=O)[C@H]2CCN(c3ccc(Cl)c(Cl)c3)C2=O)ccc1F. The summed E-state index contributed by atoms with van der Waals surface area (Å²) < 4.78 is 13.4. The van der Waals surface area contributed by atoms with Crippen LogP contribution in [0.2, 0.25) is 10.0 Å². The van der Waals surface area contributed by atoms with Gasteiger partial charge in [-0.15, -0.1) is 0 Å². The molecule has 0 saturated carbocycles. The van der Waals surface area contributed by atoms with E-state index in [1.54, 1.807) is 24.3 Å². The molecule has 0 radical (unpaired) electrons. The van der Waals surface area contributed by atoms with Gasteiger partial charge in [-0.3, -0.25) is 9.59 Å². The van der Waals surface area contributed by atoms with Crippen LogP contribution in [0.4, 0.5) is 15.8 Å². The van der Waals surface area contributed by atoms with Crippen LogP contribution < -0.4 is 10.2 Å². The lowest BCUT2D eigenvalue weighted by Crippen LogP contribution is -2.33. The molecule has 1 heterocycles. The van der Waals surface area contributed by atoms with Gasteiger partial charge in [-0.05, 0) is 42.8 Å². The monoisotopic (exact) mass is 391 g/mol. The summed E-state index contributed by atoms with van der Waals surface area (Å²) in [4.78, 5) is 26.5. The molecule has 0 aliphatic carbocycles. The number of benzene rings is 2. The smallest absolute Gasteiger partial charge is 0.239 e. The van der Waals surface area contributed by atoms with Crippen LogP contribution in [-0.2, 0) is 9.59 Å². The lowest BCUT2D eigenvalue weighted by Gasteiger charge is -2.17. The molecule has 2 amide bonds. The Labute approximate surface area is 158 Å². The van der Waals surface area contributed by atoms with Gasteiger partial charge in [0.1, 0.15) is 17.8 Å². The first-order valence-electron chi connectivity index (χ1n) is 7.67. The number of hydrogen-bond donors (Lipinski definition) is 1. The van der Waals surface area contributed by atoms with Crippen LogP contribution in [0.3, 0.4) is 0 Å². The van der Waals surface area contributed by atoms with E-state index in [1.165, 1.54) is 17.0 Å². The van der Waals surface area contributed by atoms with Crippen molar-refractivity contribution in [1.82, 2.24) is 0 Å². The van der Waals surface area contributed by atoms with Gasteiger partial charge in [0.05, 0.1) is 15.6 Å². The van der Waals surface area contributed by atoms with E-state index in [4.69, 9.17) is 28.5 Å². The van der Waals surface area contributed by atoms with Crippen molar-refractivity contribution >= 4 is 46.4 Å². The van der Waals surface area contributed by atoms with Crippen LogP contribution in [0.25, 0.3) is 0 Å². The third-order valence-corrected chi connectivity index (χ3v) is 4.83. The van der Waals surface area contributed by atoms with Gasteiger partial charge in [-0.1, -0.05) is 23.2 Å². The number of anilines is 2. The molecule has 2 aromatic rings. The molecule has 0 aromatic heterocycles. The number of nitrogens with one attached hydrogen (secondary N) is 1. The van der Waals surface area contributed by atoms with Crippen molar-refractivity contribution in [1.29, 1.82) is 5.26 Å². The number of rotatable bonds is 3. The molecule has 1 atom stereocenters. The fourth-order valence-corrected chi connectivity index (χ4v) is 3.04. The number of amides is 2. The maximum atomic E-state index is 13.4. The van der Waals surface area contributed by atoms with Gasteiger partial charge in [0, 0.05) is 17.9 Å². The molecule has 1 saturated heterocycles. The third kappa shape index (κ3) is 3.50. The molecule has 26 heavy (non-hydrogen) atoms. The first-order chi connectivity index (χ1) is 12.4. The number of nitrogens with zero attached hydrogens (tertiary/aromatic N) is 2. The van der Waals surface area contributed by atoms with Gasteiger partial charge in [0.15, 0.2) is 0 Å². The predicted octanol–water partition coefficient (Wildman–Crippen LogP) is 4.00. The molecule has 1 N–H and O–H groups in total. The highest BCUT2D eigenvalue weighted by Crippen LogP contribution is 2.31. The normalized spacial score (nSPS) is 16.5. The highest BCUT2D eigenvalue weighted by Gasteiger charge is 2.37. The first-order valence-corrected chi connectivity index (χ1v) is 8.43. The maximum Gasteiger partial charge on any atom is 0.239 e. The zero-order chi connectivity index (χ0) is 18.8. The maximum absolute atomic E-state index is 13.4. The van der Waals surface area contributed by atoms with E-state index >= 15 is 0 Å². The topological polar surface area (TPSA) is 73.2 Å². The Kier molecular flexibility index (Phi) is 5.12. The van der Waals surface area contributed by atoms with Crippen LogP contribution in [0.15, 0.2) is 36.4 Å². The second-order valence-electron chi connectivity index (χ2n) is 5.73. The summed E-state index contributed by atoms with van der Waals surface area (Å²) in [7, 11) is 0. The van der Waals surface area contributed by atoms with E-state index in [1.807, 2.05) is 0 Å². The fourth-order valence-electron chi connectivity index (χ4n) is 2.75. The average molecular weight is 392 g/mol. The van der Waals surface area contributed by atoms with Gasteiger partial charge in [0.25, 0.3) is 0 Å². The molecule has 0 bridgehead atoms. The lowest BCUT2D eigenvalue weighted by atomic mass is 10.1. The molecule has 0 spiro atoms. The van der Waals surface area contributed by atoms with Crippen molar-refractivity contribution in [2.24, 2.45) is 5.92 Å². The van der Waals surface area contributed by atoms with Crippen LogP contribution in [0, 0.1) is 23.1 Å².